The molecule has 0 spiro atoms. The standard InChI is InChI=1S/C15H17NO2/c1-16-8-7-11-3-2-4-12(15(11)16)13(9-14(17)18)10-5-6-10/h2-4,7-8,10,13H,5-6,9H2,1H3,(H,17,18). The van der Waals surface area contributed by atoms with Crippen LogP contribution in [0.25, 0.3) is 10.9 Å². The van der Waals surface area contributed by atoms with E-state index in [0.717, 1.165) is 0 Å². The molecule has 1 heterocycles. The van der Waals surface area contributed by atoms with Gasteiger partial charge in [0.15, 0.2) is 0 Å². The van der Waals surface area contributed by atoms with E-state index in [-0.39, 0.29) is 12.3 Å². The maximum Gasteiger partial charge on any atom is 0.303 e. The molecule has 0 amide bonds. The smallest absolute Gasteiger partial charge is 0.303 e. The SMILES string of the molecule is Cn1ccc2cccc(C(CC(=O)O)C3CC3)c21. The van der Waals surface area contributed by atoms with Crippen molar-refractivity contribution in [2.45, 2.75) is 25.2 Å². The van der Waals surface area contributed by atoms with Crippen molar-refractivity contribution in [1.82, 2.24) is 4.57 Å². The summed E-state index contributed by atoms with van der Waals surface area (Å²) >= 11 is 0. The Labute approximate surface area is 106 Å². The molecule has 0 aliphatic heterocycles. The average Bonchev–Trinajstić information content (AvgIpc) is 3.11. The highest BCUT2D eigenvalue weighted by Gasteiger charge is 2.34. The lowest BCUT2D eigenvalue weighted by molar-refractivity contribution is -0.137. The summed E-state index contributed by atoms with van der Waals surface area (Å²) in [4.78, 5) is 11.1. The van der Waals surface area contributed by atoms with Crippen molar-refractivity contribution in [2.75, 3.05) is 0 Å². The lowest BCUT2D eigenvalue weighted by Gasteiger charge is -2.16. The van der Waals surface area contributed by atoms with Crippen LogP contribution in [0.3, 0.4) is 0 Å². The molecule has 1 atom stereocenters. The molecule has 0 bridgehead atoms. The summed E-state index contributed by atoms with van der Waals surface area (Å²) in [6.07, 6.45) is 4.62. The van der Waals surface area contributed by atoms with E-state index in [1.807, 2.05) is 19.3 Å². The molecular formula is C15H17NO2. The highest BCUT2D eigenvalue weighted by atomic mass is 16.4. The van der Waals surface area contributed by atoms with E-state index >= 15 is 0 Å². The minimum Gasteiger partial charge on any atom is -0.481 e. The molecule has 1 aromatic heterocycles. The van der Waals surface area contributed by atoms with Gasteiger partial charge >= 0.3 is 5.97 Å². The van der Waals surface area contributed by atoms with Crippen LogP contribution < -0.4 is 0 Å². The zero-order valence-corrected chi connectivity index (χ0v) is 10.5. The second kappa shape index (κ2) is 4.16. The molecule has 2 aromatic rings. The second-order valence-electron chi connectivity index (χ2n) is 5.25. The van der Waals surface area contributed by atoms with E-state index in [0.29, 0.717) is 5.92 Å². The summed E-state index contributed by atoms with van der Waals surface area (Å²) in [6.45, 7) is 0. The van der Waals surface area contributed by atoms with E-state index in [4.69, 9.17) is 5.11 Å². The quantitative estimate of drug-likeness (QED) is 0.896. The molecule has 0 radical (unpaired) electrons. The molecule has 3 heteroatoms. The third-order valence-corrected chi connectivity index (χ3v) is 3.91. The molecule has 1 unspecified atom stereocenters. The Morgan fingerprint density at radius 2 is 2.22 bits per heavy atom. The lowest BCUT2D eigenvalue weighted by atomic mass is 9.89. The Morgan fingerprint density at radius 3 is 2.89 bits per heavy atom. The Balaban J connectivity index is 2.10. The van der Waals surface area contributed by atoms with Gasteiger partial charge in [-0.15, -0.1) is 0 Å². The molecule has 3 rings (SSSR count). The highest BCUT2D eigenvalue weighted by Crippen LogP contribution is 2.46. The van der Waals surface area contributed by atoms with Crippen molar-refractivity contribution in [1.29, 1.82) is 0 Å². The van der Waals surface area contributed by atoms with Gasteiger partial charge < -0.3 is 9.67 Å². The first-order valence-electron chi connectivity index (χ1n) is 6.42. The largest absolute Gasteiger partial charge is 0.481 e. The average molecular weight is 243 g/mol. The molecule has 1 fully saturated rings. The summed E-state index contributed by atoms with van der Waals surface area (Å²) in [5.41, 5.74) is 2.39. The van der Waals surface area contributed by atoms with Crippen LogP contribution in [0.15, 0.2) is 30.5 Å². The Bertz CT molecular complexity index is 596. The number of carbonyl (C=O) groups is 1. The fraction of sp³-hybridized carbons (Fsp3) is 0.400. The lowest BCUT2D eigenvalue weighted by Crippen LogP contribution is -2.09. The van der Waals surface area contributed by atoms with Crippen molar-refractivity contribution in [3.63, 3.8) is 0 Å². The van der Waals surface area contributed by atoms with Crippen LogP contribution >= 0.6 is 0 Å². The zero-order chi connectivity index (χ0) is 12.7. The normalized spacial score (nSPS) is 16.9. The topological polar surface area (TPSA) is 42.2 Å². The molecule has 1 aliphatic carbocycles. The molecule has 3 nitrogen and oxygen atoms in total. The van der Waals surface area contributed by atoms with Crippen LogP contribution in [0.5, 0.6) is 0 Å². The van der Waals surface area contributed by atoms with Crippen LogP contribution in [0, 0.1) is 5.92 Å². The number of rotatable bonds is 4. The number of hydrogen-bond donors (Lipinski definition) is 1. The van der Waals surface area contributed by atoms with Gasteiger partial charge in [0.25, 0.3) is 0 Å². The number of aromatic nitrogens is 1. The maximum atomic E-state index is 11.1. The summed E-state index contributed by atoms with van der Waals surface area (Å²) in [5.74, 6) is 0.0273. The molecule has 1 saturated carbocycles. The number of hydrogen-bond acceptors (Lipinski definition) is 1. The first-order chi connectivity index (χ1) is 8.66. The molecule has 18 heavy (non-hydrogen) atoms. The van der Waals surface area contributed by atoms with E-state index < -0.39 is 5.97 Å². The number of fused-ring (bicyclic) bond motifs is 1. The van der Waals surface area contributed by atoms with Crippen molar-refractivity contribution in [3.05, 3.63) is 36.0 Å². The van der Waals surface area contributed by atoms with Crippen LogP contribution in [-0.4, -0.2) is 15.6 Å². The van der Waals surface area contributed by atoms with E-state index in [2.05, 4.69) is 22.8 Å². The van der Waals surface area contributed by atoms with E-state index in [1.54, 1.807) is 0 Å². The fourth-order valence-corrected chi connectivity index (χ4v) is 2.90. The minimum absolute atomic E-state index is 0.166. The number of nitrogens with zero attached hydrogens (tertiary/aromatic N) is 1. The van der Waals surface area contributed by atoms with Gasteiger partial charge in [0.05, 0.1) is 11.9 Å². The highest BCUT2D eigenvalue weighted by molar-refractivity contribution is 5.84. The zero-order valence-electron chi connectivity index (χ0n) is 10.5. The Kier molecular flexibility index (Phi) is 2.62. The predicted octanol–water partition coefficient (Wildman–Crippen LogP) is 3.15. The summed E-state index contributed by atoms with van der Waals surface area (Å²) in [7, 11) is 2.02. The number of carboxylic acids is 1. The van der Waals surface area contributed by atoms with Gasteiger partial charge in [0.1, 0.15) is 0 Å². The number of carboxylic acid groups (broad SMARTS) is 1. The van der Waals surface area contributed by atoms with Gasteiger partial charge in [0, 0.05) is 13.2 Å². The Morgan fingerprint density at radius 1 is 1.44 bits per heavy atom. The van der Waals surface area contributed by atoms with Gasteiger partial charge in [0.2, 0.25) is 0 Å². The summed E-state index contributed by atoms with van der Waals surface area (Å²) in [5, 5.41) is 10.3. The third-order valence-electron chi connectivity index (χ3n) is 3.91. The van der Waals surface area contributed by atoms with Crippen molar-refractivity contribution < 1.29 is 9.90 Å². The van der Waals surface area contributed by atoms with Gasteiger partial charge in [-0.05, 0) is 41.7 Å². The monoisotopic (exact) mass is 243 g/mol. The van der Waals surface area contributed by atoms with Gasteiger partial charge in [-0.3, -0.25) is 4.79 Å². The third kappa shape index (κ3) is 1.90. The molecule has 1 N–H and O–H groups in total. The number of aryl methyl sites for hydroxylation is 1. The van der Waals surface area contributed by atoms with E-state index in [1.165, 1.54) is 29.3 Å². The number of aliphatic carboxylic acids is 1. The van der Waals surface area contributed by atoms with Crippen LogP contribution in [-0.2, 0) is 11.8 Å². The molecule has 1 aromatic carbocycles. The minimum atomic E-state index is -0.696. The van der Waals surface area contributed by atoms with Crippen molar-refractivity contribution >= 4 is 16.9 Å². The van der Waals surface area contributed by atoms with Crippen molar-refractivity contribution in [2.24, 2.45) is 13.0 Å². The van der Waals surface area contributed by atoms with Crippen LogP contribution in [0.4, 0.5) is 0 Å². The second-order valence-corrected chi connectivity index (χ2v) is 5.25. The molecule has 1 aliphatic rings. The Hall–Kier alpha value is -1.77. The first kappa shape index (κ1) is 11.3. The maximum absolute atomic E-state index is 11.1. The number of benzene rings is 1. The van der Waals surface area contributed by atoms with Gasteiger partial charge in [-0.1, -0.05) is 18.2 Å². The first-order valence-corrected chi connectivity index (χ1v) is 6.42. The van der Waals surface area contributed by atoms with E-state index in [9.17, 15) is 4.79 Å². The molecule has 0 saturated heterocycles. The summed E-state index contributed by atoms with van der Waals surface area (Å²) < 4.78 is 2.10. The fourth-order valence-electron chi connectivity index (χ4n) is 2.90. The summed E-state index contributed by atoms with van der Waals surface area (Å²) in [6, 6.07) is 8.30. The van der Waals surface area contributed by atoms with Crippen molar-refractivity contribution in [3.8, 4) is 0 Å². The van der Waals surface area contributed by atoms with Gasteiger partial charge in [-0.25, -0.2) is 0 Å². The van der Waals surface area contributed by atoms with Gasteiger partial charge in [-0.2, -0.15) is 0 Å². The van der Waals surface area contributed by atoms with Crippen LogP contribution in [0.2, 0.25) is 0 Å². The molecule has 94 valence electrons. The number of para-hydroxylation sites is 1. The predicted molar refractivity (Wildman–Crippen MR) is 70.6 cm³/mol. The molecular weight excluding hydrogens is 226 g/mol. The van der Waals surface area contributed by atoms with Crippen LogP contribution in [0.1, 0.15) is 30.7 Å².